The Balaban J connectivity index is 2.49. The molecule has 0 aliphatic rings. The first-order valence-electron chi connectivity index (χ1n) is 3.62. The largest absolute Gasteiger partial charge is 0.445 e. The summed E-state index contributed by atoms with van der Waals surface area (Å²) in [7, 11) is 0. The number of hydrogen-bond donors (Lipinski definition) is 0. The molecule has 0 saturated carbocycles. The Hall–Kier alpha value is -0.610. The van der Waals surface area contributed by atoms with Crippen LogP contribution in [0.25, 0.3) is 11.5 Å². The average molecular weight is 303 g/mol. The minimum atomic E-state index is 0.633. The molecule has 0 unspecified atom stereocenters. The minimum Gasteiger partial charge on any atom is -0.445 e. The molecule has 0 fully saturated rings. The zero-order valence-corrected chi connectivity index (χ0v) is 9.67. The second kappa shape index (κ2) is 3.64. The van der Waals surface area contributed by atoms with Gasteiger partial charge in [-0.25, -0.2) is 4.98 Å². The molecular formula is C9H5Br2NO. The van der Waals surface area contributed by atoms with E-state index in [1.54, 1.807) is 12.5 Å². The van der Waals surface area contributed by atoms with E-state index in [9.17, 15) is 0 Å². The second-order valence-electron chi connectivity index (χ2n) is 2.47. The van der Waals surface area contributed by atoms with Crippen LogP contribution in [-0.4, -0.2) is 4.98 Å². The molecule has 0 spiro atoms. The Kier molecular flexibility index (Phi) is 2.51. The number of rotatable bonds is 1. The molecule has 2 rings (SSSR count). The first-order chi connectivity index (χ1) is 6.27. The molecule has 2 aromatic rings. The van der Waals surface area contributed by atoms with Crippen LogP contribution < -0.4 is 0 Å². The molecule has 1 aromatic carbocycles. The summed E-state index contributed by atoms with van der Waals surface area (Å²) in [6.45, 7) is 0. The summed E-state index contributed by atoms with van der Waals surface area (Å²) in [5.41, 5.74) is 0.958. The summed E-state index contributed by atoms with van der Waals surface area (Å²) in [4.78, 5) is 4.05. The molecule has 0 N–H and O–H groups in total. The van der Waals surface area contributed by atoms with Crippen molar-refractivity contribution in [3.63, 3.8) is 0 Å². The van der Waals surface area contributed by atoms with E-state index in [1.165, 1.54) is 0 Å². The van der Waals surface area contributed by atoms with E-state index in [0.29, 0.717) is 5.89 Å². The molecule has 1 aromatic heterocycles. The molecule has 2 nitrogen and oxygen atoms in total. The van der Waals surface area contributed by atoms with E-state index in [2.05, 4.69) is 36.8 Å². The fourth-order valence-corrected chi connectivity index (χ4v) is 1.62. The van der Waals surface area contributed by atoms with Gasteiger partial charge in [0.05, 0.1) is 6.20 Å². The average Bonchev–Trinajstić information content (AvgIpc) is 2.62. The summed E-state index contributed by atoms with van der Waals surface area (Å²) in [5.74, 6) is 0.633. The summed E-state index contributed by atoms with van der Waals surface area (Å²) >= 11 is 6.81. The Morgan fingerprint density at radius 3 is 2.62 bits per heavy atom. The maximum atomic E-state index is 5.17. The first-order valence-corrected chi connectivity index (χ1v) is 5.21. The van der Waals surface area contributed by atoms with Crippen LogP contribution in [0.5, 0.6) is 0 Å². The molecule has 0 aliphatic carbocycles. The van der Waals surface area contributed by atoms with E-state index >= 15 is 0 Å². The van der Waals surface area contributed by atoms with Gasteiger partial charge in [0.1, 0.15) is 6.26 Å². The van der Waals surface area contributed by atoms with E-state index in [0.717, 1.165) is 14.5 Å². The Morgan fingerprint density at radius 1 is 1.15 bits per heavy atom. The molecule has 4 heteroatoms. The van der Waals surface area contributed by atoms with Crippen molar-refractivity contribution in [3.05, 3.63) is 39.6 Å². The highest BCUT2D eigenvalue weighted by molar-refractivity contribution is 9.13. The molecule has 13 heavy (non-hydrogen) atoms. The number of hydrogen-bond acceptors (Lipinski definition) is 2. The van der Waals surface area contributed by atoms with Crippen LogP contribution in [0.4, 0.5) is 0 Å². The van der Waals surface area contributed by atoms with Crippen molar-refractivity contribution < 1.29 is 4.42 Å². The maximum Gasteiger partial charge on any atom is 0.225 e. The van der Waals surface area contributed by atoms with E-state index < -0.39 is 0 Å². The first kappa shape index (κ1) is 8.97. The van der Waals surface area contributed by atoms with Crippen LogP contribution in [0.2, 0.25) is 0 Å². The normalized spacial score (nSPS) is 10.3. The van der Waals surface area contributed by atoms with Crippen molar-refractivity contribution in [3.8, 4) is 11.5 Å². The van der Waals surface area contributed by atoms with Crippen molar-refractivity contribution >= 4 is 31.9 Å². The molecule has 0 saturated heterocycles. The lowest BCUT2D eigenvalue weighted by molar-refractivity contribution is 0.574. The number of oxazole rings is 1. The predicted molar refractivity (Wildman–Crippen MR) is 57.3 cm³/mol. The van der Waals surface area contributed by atoms with Gasteiger partial charge in [0.25, 0.3) is 0 Å². The van der Waals surface area contributed by atoms with Crippen LogP contribution in [0.1, 0.15) is 0 Å². The lowest BCUT2D eigenvalue weighted by Crippen LogP contribution is -1.77. The third-order valence-corrected chi connectivity index (χ3v) is 3.48. The molecule has 0 aliphatic heterocycles. The second-order valence-corrected chi connectivity index (χ2v) is 4.17. The summed E-state index contributed by atoms with van der Waals surface area (Å²) < 4.78 is 7.17. The van der Waals surface area contributed by atoms with Crippen molar-refractivity contribution in [1.82, 2.24) is 4.98 Å². The monoisotopic (exact) mass is 301 g/mol. The summed E-state index contributed by atoms with van der Waals surface area (Å²) in [6, 6.07) is 5.85. The summed E-state index contributed by atoms with van der Waals surface area (Å²) in [6.07, 6.45) is 3.19. The SMILES string of the molecule is Brc1ccc(-c2ncco2)cc1Br. The van der Waals surface area contributed by atoms with Gasteiger partial charge >= 0.3 is 0 Å². The van der Waals surface area contributed by atoms with Crippen molar-refractivity contribution in [1.29, 1.82) is 0 Å². The van der Waals surface area contributed by atoms with E-state index in [4.69, 9.17) is 4.42 Å². The number of benzene rings is 1. The minimum absolute atomic E-state index is 0.633. The Morgan fingerprint density at radius 2 is 2.00 bits per heavy atom. The van der Waals surface area contributed by atoms with Crippen LogP contribution in [0, 0.1) is 0 Å². The van der Waals surface area contributed by atoms with E-state index in [1.807, 2.05) is 18.2 Å². The highest BCUT2D eigenvalue weighted by Crippen LogP contribution is 2.28. The topological polar surface area (TPSA) is 26.0 Å². The van der Waals surface area contributed by atoms with Gasteiger partial charge in [-0.1, -0.05) is 0 Å². The Labute approximate surface area is 92.2 Å². The molecule has 66 valence electrons. The van der Waals surface area contributed by atoms with Gasteiger partial charge in [0.2, 0.25) is 5.89 Å². The van der Waals surface area contributed by atoms with Crippen LogP contribution in [-0.2, 0) is 0 Å². The third-order valence-electron chi connectivity index (χ3n) is 1.60. The van der Waals surface area contributed by atoms with Gasteiger partial charge in [0, 0.05) is 14.5 Å². The number of aromatic nitrogens is 1. The highest BCUT2D eigenvalue weighted by Gasteiger charge is 2.04. The Bertz CT molecular complexity index is 412. The third kappa shape index (κ3) is 1.84. The smallest absolute Gasteiger partial charge is 0.225 e. The van der Waals surface area contributed by atoms with Gasteiger partial charge in [0.15, 0.2) is 0 Å². The fraction of sp³-hybridized carbons (Fsp3) is 0. The van der Waals surface area contributed by atoms with Crippen LogP contribution >= 0.6 is 31.9 Å². The zero-order valence-electron chi connectivity index (χ0n) is 6.50. The predicted octanol–water partition coefficient (Wildman–Crippen LogP) is 3.87. The van der Waals surface area contributed by atoms with Gasteiger partial charge in [-0.2, -0.15) is 0 Å². The van der Waals surface area contributed by atoms with Gasteiger partial charge in [-0.15, -0.1) is 0 Å². The van der Waals surface area contributed by atoms with Crippen molar-refractivity contribution in [2.24, 2.45) is 0 Å². The van der Waals surface area contributed by atoms with Crippen molar-refractivity contribution in [2.45, 2.75) is 0 Å². The van der Waals surface area contributed by atoms with E-state index in [-0.39, 0.29) is 0 Å². The number of halogens is 2. The number of nitrogens with zero attached hydrogens (tertiary/aromatic N) is 1. The molecule has 1 heterocycles. The molecule has 0 bridgehead atoms. The lowest BCUT2D eigenvalue weighted by atomic mass is 10.2. The maximum absolute atomic E-state index is 5.17. The quantitative estimate of drug-likeness (QED) is 0.799. The van der Waals surface area contributed by atoms with Crippen LogP contribution in [0.15, 0.2) is 44.0 Å². The van der Waals surface area contributed by atoms with Crippen molar-refractivity contribution in [2.75, 3.05) is 0 Å². The molecular weight excluding hydrogens is 298 g/mol. The zero-order chi connectivity index (χ0) is 9.26. The molecule has 0 atom stereocenters. The van der Waals surface area contributed by atoms with Gasteiger partial charge in [-0.3, -0.25) is 0 Å². The molecule has 0 amide bonds. The van der Waals surface area contributed by atoms with Gasteiger partial charge in [-0.05, 0) is 50.1 Å². The van der Waals surface area contributed by atoms with Gasteiger partial charge < -0.3 is 4.42 Å². The lowest BCUT2D eigenvalue weighted by Gasteiger charge is -1.98. The standard InChI is InChI=1S/C9H5Br2NO/c10-7-2-1-6(5-8(7)11)9-12-3-4-13-9/h1-5H. The molecule has 0 radical (unpaired) electrons. The summed E-state index contributed by atoms with van der Waals surface area (Å²) in [5, 5.41) is 0. The highest BCUT2D eigenvalue weighted by atomic mass is 79.9. The fourth-order valence-electron chi connectivity index (χ4n) is 0.995. The van der Waals surface area contributed by atoms with Crippen LogP contribution in [0.3, 0.4) is 0 Å².